The fraction of sp³-hybridized carbons (Fsp3) is 0.350. The number of carbonyl (C=O) groups excluding carboxylic acids is 2. The van der Waals surface area contributed by atoms with Crippen LogP contribution >= 0.6 is 11.6 Å². The molecule has 1 aliphatic heterocycles. The molecule has 0 saturated carbocycles. The van der Waals surface area contributed by atoms with Crippen molar-refractivity contribution < 1.29 is 50.0 Å². The molecule has 2 amide bonds. The minimum absolute atomic E-state index is 0.0146. The van der Waals surface area contributed by atoms with Gasteiger partial charge in [0.05, 0.1) is 16.3 Å². The second-order valence-electron chi connectivity index (χ2n) is 7.20. The van der Waals surface area contributed by atoms with Crippen LogP contribution in [-0.4, -0.2) is 51.7 Å². The number of halogens is 6. The summed E-state index contributed by atoms with van der Waals surface area (Å²) in [6.45, 7) is -6.27. The lowest BCUT2D eigenvalue weighted by Crippen LogP contribution is -2.51. The molecule has 13 heteroatoms. The van der Waals surface area contributed by atoms with Crippen LogP contribution in [-0.2, 0) is 15.8 Å². The summed E-state index contributed by atoms with van der Waals surface area (Å²) in [6.07, 6.45) is -7.77. The summed E-state index contributed by atoms with van der Waals surface area (Å²) >= 11 is 5.60. The van der Waals surface area contributed by atoms with Gasteiger partial charge in [-0.1, -0.05) is 11.6 Å². The lowest BCUT2D eigenvalue weighted by Gasteiger charge is -2.29. The molecule has 178 valence electrons. The van der Waals surface area contributed by atoms with Crippen LogP contribution in [0.1, 0.15) is 26.4 Å². The molecule has 1 aromatic heterocycles. The van der Waals surface area contributed by atoms with E-state index in [9.17, 15) is 41.8 Å². The van der Waals surface area contributed by atoms with E-state index in [1.54, 1.807) is 0 Å². The SMILES string of the molecule is [2H]C([2H])([2H])c1cc(C(F)(F)F)cc(N2C(=O)[C@@](C)(O)[C@@H](O)[C@H]2C(=O)N(c2cc(Cl)c(F)cc2F)C([2H])([2H])[2H])n1. The number of hydrogen-bond acceptors (Lipinski definition) is 5. The van der Waals surface area contributed by atoms with Crippen LogP contribution in [0.25, 0.3) is 0 Å². The molecule has 0 aliphatic carbocycles. The Balaban J connectivity index is 2.30. The van der Waals surface area contributed by atoms with Crippen LogP contribution in [0.2, 0.25) is 5.02 Å². The van der Waals surface area contributed by atoms with E-state index in [-0.39, 0.29) is 28.0 Å². The Hall–Kier alpha value is -2.83. The van der Waals surface area contributed by atoms with E-state index in [2.05, 4.69) is 4.98 Å². The molecule has 0 spiro atoms. The molecular weight excluding hydrogens is 477 g/mol. The molecule has 7 nitrogen and oxygen atoms in total. The normalized spacial score (nSPS) is 26.7. The van der Waals surface area contributed by atoms with Crippen molar-refractivity contribution in [2.45, 2.75) is 37.7 Å². The molecule has 1 saturated heterocycles. The first kappa shape index (κ1) is 17.6. The number of hydrogen-bond donors (Lipinski definition) is 2. The lowest BCUT2D eigenvalue weighted by molar-refractivity contribution is -0.139. The second-order valence-corrected chi connectivity index (χ2v) is 7.61. The molecule has 2 heterocycles. The highest BCUT2D eigenvalue weighted by molar-refractivity contribution is 6.31. The molecule has 0 unspecified atom stereocenters. The van der Waals surface area contributed by atoms with E-state index in [4.69, 9.17) is 19.8 Å². The third-order valence-electron chi connectivity index (χ3n) is 4.89. The fourth-order valence-corrected chi connectivity index (χ4v) is 3.33. The Morgan fingerprint density at radius 1 is 1.27 bits per heavy atom. The molecule has 3 atom stereocenters. The van der Waals surface area contributed by atoms with E-state index < -0.39 is 89.0 Å². The first-order chi connectivity index (χ1) is 17.5. The van der Waals surface area contributed by atoms with Gasteiger partial charge in [-0.25, -0.2) is 13.8 Å². The standard InChI is InChI=1S/C20H17ClF5N3O4/c1-8-4-9(20(24,25)26)5-14(27-8)29-15(16(30)19(2,33)18(29)32)17(31)28(3)13-6-10(21)11(22)7-12(13)23/h4-7,15-16,30,33H,1-3H3/t15-,16-,19-/m0/s1/i1D3,3D3. The topological polar surface area (TPSA) is 94.0 Å². The van der Waals surface area contributed by atoms with Crippen molar-refractivity contribution in [3.05, 3.63) is 52.2 Å². The van der Waals surface area contributed by atoms with E-state index in [1.807, 2.05) is 0 Å². The van der Waals surface area contributed by atoms with Crippen molar-refractivity contribution in [2.24, 2.45) is 0 Å². The van der Waals surface area contributed by atoms with Crippen molar-refractivity contribution in [3.8, 4) is 0 Å². The van der Waals surface area contributed by atoms with Crippen molar-refractivity contribution in [1.29, 1.82) is 0 Å². The van der Waals surface area contributed by atoms with Crippen molar-refractivity contribution in [2.75, 3.05) is 16.8 Å². The molecule has 2 N–H and O–H groups in total. The van der Waals surface area contributed by atoms with Crippen LogP contribution in [0.15, 0.2) is 24.3 Å². The molecule has 0 bridgehead atoms. The number of benzene rings is 1. The van der Waals surface area contributed by atoms with Gasteiger partial charge in [-0.05, 0) is 32.0 Å². The Labute approximate surface area is 197 Å². The molecule has 1 fully saturated rings. The predicted octanol–water partition coefficient (Wildman–Crippen LogP) is 2.83. The number of rotatable bonds is 3. The average Bonchev–Trinajstić information content (AvgIpc) is 2.94. The summed E-state index contributed by atoms with van der Waals surface area (Å²) in [5.74, 6) is -7.73. The van der Waals surface area contributed by atoms with Crippen molar-refractivity contribution >= 4 is 34.9 Å². The van der Waals surface area contributed by atoms with Crippen LogP contribution in [0.4, 0.5) is 33.5 Å². The lowest BCUT2D eigenvalue weighted by atomic mass is 9.97. The molecular formula is C20H17ClF5N3O4. The number of nitrogens with zero attached hydrogens (tertiary/aromatic N) is 3. The summed E-state index contributed by atoms with van der Waals surface area (Å²) in [5, 5.41) is 20.4. The zero-order chi connectivity index (χ0) is 30.0. The number of carbonyl (C=O) groups is 2. The predicted molar refractivity (Wildman–Crippen MR) is 107 cm³/mol. The Morgan fingerprint density at radius 2 is 1.94 bits per heavy atom. The van der Waals surface area contributed by atoms with E-state index in [1.165, 1.54) is 0 Å². The van der Waals surface area contributed by atoms with Gasteiger partial charge in [0.1, 0.15) is 29.6 Å². The average molecular weight is 500 g/mol. The highest BCUT2D eigenvalue weighted by Gasteiger charge is 2.59. The number of aliphatic hydroxyl groups excluding tert-OH is 1. The van der Waals surface area contributed by atoms with Gasteiger partial charge in [-0.3, -0.25) is 14.5 Å². The zero-order valence-corrected chi connectivity index (χ0v) is 17.0. The summed E-state index contributed by atoms with van der Waals surface area (Å²) in [7, 11) is 0. The van der Waals surface area contributed by atoms with Gasteiger partial charge in [0.15, 0.2) is 5.60 Å². The van der Waals surface area contributed by atoms with Crippen molar-refractivity contribution in [3.63, 3.8) is 0 Å². The number of aliphatic hydroxyl groups is 2. The number of likely N-dealkylation sites (N-methyl/N-ethyl adjacent to an activating group) is 1. The largest absolute Gasteiger partial charge is 0.416 e. The molecule has 33 heavy (non-hydrogen) atoms. The summed E-state index contributed by atoms with van der Waals surface area (Å²) < 4.78 is 114. The number of amides is 2. The Kier molecular flexibility index (Phi) is 4.37. The maximum absolute atomic E-state index is 14.6. The van der Waals surface area contributed by atoms with Crippen LogP contribution in [0, 0.1) is 18.5 Å². The molecule has 0 radical (unpaired) electrons. The summed E-state index contributed by atoms with van der Waals surface area (Å²) in [5.41, 5.74) is -6.97. The summed E-state index contributed by atoms with van der Waals surface area (Å²) in [4.78, 5) is 29.8. The van der Waals surface area contributed by atoms with Gasteiger partial charge < -0.3 is 15.1 Å². The van der Waals surface area contributed by atoms with Gasteiger partial charge >= 0.3 is 6.18 Å². The number of aromatic nitrogens is 1. The number of aryl methyl sites for hydroxylation is 1. The monoisotopic (exact) mass is 499 g/mol. The van der Waals surface area contributed by atoms with Crippen LogP contribution in [0.3, 0.4) is 0 Å². The summed E-state index contributed by atoms with van der Waals surface area (Å²) in [6, 6.07) is -1.78. The quantitative estimate of drug-likeness (QED) is 0.500. The first-order valence-corrected chi connectivity index (χ1v) is 9.20. The third kappa shape index (κ3) is 4.25. The van der Waals surface area contributed by atoms with Gasteiger partial charge in [-0.2, -0.15) is 13.2 Å². The number of anilines is 2. The van der Waals surface area contributed by atoms with E-state index in [0.717, 1.165) is 0 Å². The van der Waals surface area contributed by atoms with E-state index in [0.29, 0.717) is 13.0 Å². The Morgan fingerprint density at radius 3 is 2.52 bits per heavy atom. The highest BCUT2D eigenvalue weighted by atomic mass is 35.5. The zero-order valence-electron chi connectivity index (χ0n) is 22.3. The molecule has 1 aromatic carbocycles. The second kappa shape index (κ2) is 8.19. The fourth-order valence-electron chi connectivity index (χ4n) is 3.17. The van der Waals surface area contributed by atoms with Crippen molar-refractivity contribution in [1.82, 2.24) is 4.98 Å². The smallest absolute Gasteiger partial charge is 0.387 e. The Bertz CT molecular complexity index is 1310. The van der Waals surface area contributed by atoms with Gasteiger partial charge in [0.2, 0.25) is 0 Å². The molecule has 1 aliphatic rings. The van der Waals surface area contributed by atoms with Gasteiger partial charge in [0.25, 0.3) is 11.8 Å². The van der Waals surface area contributed by atoms with Crippen LogP contribution in [0.5, 0.6) is 0 Å². The maximum Gasteiger partial charge on any atom is 0.416 e. The highest BCUT2D eigenvalue weighted by Crippen LogP contribution is 2.38. The van der Waals surface area contributed by atoms with Crippen LogP contribution < -0.4 is 9.80 Å². The number of pyridine rings is 1. The third-order valence-corrected chi connectivity index (χ3v) is 5.18. The maximum atomic E-state index is 14.6. The molecule has 2 aromatic rings. The van der Waals surface area contributed by atoms with Gasteiger partial charge in [-0.15, -0.1) is 0 Å². The number of alkyl halides is 3. The van der Waals surface area contributed by atoms with Gasteiger partial charge in [0, 0.05) is 27.0 Å². The van der Waals surface area contributed by atoms with E-state index >= 15 is 0 Å². The molecule has 3 rings (SSSR count). The first-order valence-electron chi connectivity index (χ1n) is 11.8. The minimum atomic E-state index is -5.21. The minimum Gasteiger partial charge on any atom is -0.387 e.